The number of benzene rings is 1. The van der Waals surface area contributed by atoms with Gasteiger partial charge in [-0.1, -0.05) is 24.6 Å². The molecule has 1 heterocycles. The number of nitrogens with two attached hydrogens (primary N) is 1. The lowest BCUT2D eigenvalue weighted by Gasteiger charge is -2.14. The molecule has 0 spiro atoms. The highest BCUT2D eigenvalue weighted by molar-refractivity contribution is 6.35. The second kappa shape index (κ2) is 6.07. The van der Waals surface area contributed by atoms with Crippen LogP contribution in [0.25, 0.3) is 0 Å². The van der Waals surface area contributed by atoms with E-state index in [9.17, 15) is 9.18 Å². The van der Waals surface area contributed by atoms with Gasteiger partial charge in [-0.15, -0.1) is 0 Å². The zero-order chi connectivity index (χ0) is 14.7. The van der Waals surface area contributed by atoms with Gasteiger partial charge < -0.3 is 5.73 Å². The SMILES string of the molecule is CC[C@@H](N)c1ccc(Cl)c(C(=O)c2cncnc2)c1F.[HH].[HH].[HH]. The fraction of sp³-hybridized carbons (Fsp3) is 0.214. The van der Waals surface area contributed by atoms with Gasteiger partial charge in [0.2, 0.25) is 5.78 Å². The van der Waals surface area contributed by atoms with Crippen molar-refractivity contribution in [3.8, 4) is 0 Å². The largest absolute Gasteiger partial charge is 0.324 e. The molecule has 2 aromatic rings. The van der Waals surface area contributed by atoms with E-state index < -0.39 is 17.6 Å². The summed E-state index contributed by atoms with van der Waals surface area (Å²) < 4.78 is 14.5. The van der Waals surface area contributed by atoms with Crippen molar-refractivity contribution in [3.05, 3.63) is 58.4 Å². The summed E-state index contributed by atoms with van der Waals surface area (Å²) >= 11 is 5.95. The predicted molar refractivity (Wildman–Crippen MR) is 80.4 cm³/mol. The van der Waals surface area contributed by atoms with Gasteiger partial charge in [0.05, 0.1) is 16.1 Å². The van der Waals surface area contributed by atoms with Gasteiger partial charge in [-0.2, -0.15) is 0 Å². The smallest absolute Gasteiger partial charge is 0.200 e. The Morgan fingerprint density at radius 2 is 2.10 bits per heavy atom. The molecule has 0 saturated heterocycles. The van der Waals surface area contributed by atoms with E-state index in [0.29, 0.717) is 6.42 Å². The van der Waals surface area contributed by atoms with Crippen LogP contribution in [0.2, 0.25) is 5.02 Å². The lowest BCUT2D eigenvalue weighted by atomic mass is 9.97. The van der Waals surface area contributed by atoms with Crippen LogP contribution >= 0.6 is 11.6 Å². The molecule has 20 heavy (non-hydrogen) atoms. The Labute approximate surface area is 125 Å². The molecule has 110 valence electrons. The highest BCUT2D eigenvalue weighted by Crippen LogP contribution is 2.28. The van der Waals surface area contributed by atoms with Crippen molar-refractivity contribution < 1.29 is 13.5 Å². The van der Waals surface area contributed by atoms with Gasteiger partial charge in [-0.25, -0.2) is 14.4 Å². The first-order valence-corrected chi connectivity index (χ1v) is 6.47. The van der Waals surface area contributed by atoms with E-state index in [0.717, 1.165) is 0 Å². The summed E-state index contributed by atoms with van der Waals surface area (Å²) in [6.07, 6.45) is 4.48. The maximum absolute atomic E-state index is 14.5. The molecule has 2 rings (SSSR count). The molecular weight excluding hydrogens is 281 g/mol. The lowest BCUT2D eigenvalue weighted by molar-refractivity contribution is 0.103. The second-order valence-corrected chi connectivity index (χ2v) is 4.70. The van der Waals surface area contributed by atoms with Crippen LogP contribution in [0.3, 0.4) is 0 Å². The van der Waals surface area contributed by atoms with Crippen LogP contribution < -0.4 is 5.73 Å². The number of carbonyl (C=O) groups excluding carboxylic acids is 1. The molecule has 4 nitrogen and oxygen atoms in total. The first-order valence-electron chi connectivity index (χ1n) is 6.09. The molecule has 1 atom stereocenters. The van der Waals surface area contributed by atoms with Gasteiger partial charge in [0.15, 0.2) is 0 Å². The molecule has 0 aliphatic carbocycles. The Morgan fingerprint density at radius 1 is 1.45 bits per heavy atom. The molecule has 2 N–H and O–H groups in total. The molecule has 0 bridgehead atoms. The molecule has 6 heteroatoms. The molecule has 1 aromatic carbocycles. The second-order valence-electron chi connectivity index (χ2n) is 4.30. The van der Waals surface area contributed by atoms with Crippen molar-refractivity contribution in [2.45, 2.75) is 19.4 Å². The Morgan fingerprint density at radius 3 is 2.70 bits per heavy atom. The fourth-order valence-corrected chi connectivity index (χ4v) is 2.08. The Hall–Kier alpha value is -1.85. The van der Waals surface area contributed by atoms with Crippen molar-refractivity contribution in [2.24, 2.45) is 5.73 Å². The van der Waals surface area contributed by atoms with Crippen LogP contribution in [-0.4, -0.2) is 15.8 Å². The number of ketones is 1. The highest BCUT2D eigenvalue weighted by Gasteiger charge is 2.22. The van der Waals surface area contributed by atoms with Gasteiger partial charge >= 0.3 is 0 Å². The van der Waals surface area contributed by atoms with E-state index in [4.69, 9.17) is 17.3 Å². The van der Waals surface area contributed by atoms with Crippen LogP contribution in [0.5, 0.6) is 0 Å². The number of aromatic nitrogens is 2. The summed E-state index contributed by atoms with van der Waals surface area (Å²) in [6.45, 7) is 1.84. The first kappa shape index (κ1) is 14.6. The number of hydrogen-bond donors (Lipinski definition) is 1. The van der Waals surface area contributed by atoms with Gasteiger partial charge in [0, 0.05) is 28.3 Å². The van der Waals surface area contributed by atoms with Crippen LogP contribution in [-0.2, 0) is 0 Å². The van der Waals surface area contributed by atoms with E-state index >= 15 is 0 Å². The minimum atomic E-state index is -0.680. The maximum Gasteiger partial charge on any atom is 0.200 e. The molecule has 0 radical (unpaired) electrons. The van der Waals surface area contributed by atoms with E-state index in [1.807, 2.05) is 6.92 Å². The van der Waals surface area contributed by atoms with Crippen molar-refractivity contribution in [1.82, 2.24) is 9.97 Å². The Balaban J connectivity index is 0. The third-order valence-electron chi connectivity index (χ3n) is 3.01. The standard InChI is InChI=1S/C14H13ClFN3O.3H2/c1-2-11(17)9-3-4-10(15)12(13(9)16)14(20)8-5-18-7-19-6-8;;;/h3-7,11H,2,17H2,1H3;3*1H/t11-;;;/m1.../s1. The minimum absolute atomic E-state index is 0. The van der Waals surface area contributed by atoms with Crippen molar-refractivity contribution in [3.63, 3.8) is 0 Å². The Kier molecular flexibility index (Phi) is 4.42. The third kappa shape index (κ3) is 2.69. The number of rotatable bonds is 4. The lowest BCUT2D eigenvalue weighted by Crippen LogP contribution is -2.15. The average molecular weight is 300 g/mol. The summed E-state index contributed by atoms with van der Waals surface area (Å²) in [6, 6.07) is 2.50. The molecule has 0 aliphatic rings. The predicted octanol–water partition coefficient (Wildman–Crippen LogP) is 3.65. The quantitative estimate of drug-likeness (QED) is 0.875. The van der Waals surface area contributed by atoms with E-state index in [1.165, 1.54) is 30.9 Å². The third-order valence-corrected chi connectivity index (χ3v) is 3.33. The number of nitrogens with zero attached hydrogens (tertiary/aromatic N) is 2. The molecule has 0 saturated carbocycles. The normalized spacial score (nSPS) is 12.2. The molecular formula is C14H19ClFN3O. The molecule has 0 unspecified atom stereocenters. The molecule has 0 aliphatic heterocycles. The minimum Gasteiger partial charge on any atom is -0.324 e. The summed E-state index contributed by atoms with van der Waals surface area (Å²) in [5.41, 5.74) is 6.09. The van der Waals surface area contributed by atoms with E-state index in [1.54, 1.807) is 0 Å². The molecule has 0 amide bonds. The van der Waals surface area contributed by atoms with E-state index in [-0.39, 0.29) is 26.0 Å². The van der Waals surface area contributed by atoms with E-state index in [2.05, 4.69) is 9.97 Å². The van der Waals surface area contributed by atoms with Crippen molar-refractivity contribution >= 4 is 17.4 Å². The number of carbonyl (C=O) groups is 1. The van der Waals surface area contributed by atoms with Crippen LogP contribution in [0, 0.1) is 5.82 Å². The summed E-state index contributed by atoms with van der Waals surface area (Å²) in [5, 5.41) is 0.0448. The summed E-state index contributed by atoms with van der Waals surface area (Å²) in [5.74, 6) is -1.24. The van der Waals surface area contributed by atoms with Gasteiger partial charge in [0.1, 0.15) is 12.1 Å². The fourth-order valence-electron chi connectivity index (χ4n) is 1.84. The average Bonchev–Trinajstić information content (AvgIpc) is 2.47. The number of hydrogen-bond acceptors (Lipinski definition) is 4. The molecule has 1 aromatic heterocycles. The van der Waals surface area contributed by atoms with Gasteiger partial charge in [0.25, 0.3) is 0 Å². The topological polar surface area (TPSA) is 68.9 Å². The zero-order valence-electron chi connectivity index (χ0n) is 10.8. The van der Waals surface area contributed by atoms with Crippen LogP contribution in [0.1, 0.15) is 45.2 Å². The van der Waals surface area contributed by atoms with Crippen LogP contribution in [0.15, 0.2) is 30.9 Å². The maximum atomic E-state index is 14.5. The zero-order valence-corrected chi connectivity index (χ0v) is 11.6. The summed E-state index contributed by atoms with van der Waals surface area (Å²) in [7, 11) is 0. The Bertz CT molecular complexity index is 647. The van der Waals surface area contributed by atoms with Gasteiger partial charge in [-0.3, -0.25) is 4.79 Å². The van der Waals surface area contributed by atoms with Crippen molar-refractivity contribution in [1.29, 1.82) is 0 Å². The first-order chi connectivity index (χ1) is 9.56. The van der Waals surface area contributed by atoms with Crippen LogP contribution in [0.4, 0.5) is 4.39 Å². The van der Waals surface area contributed by atoms with Gasteiger partial charge in [-0.05, 0) is 12.5 Å². The number of halogens is 2. The summed E-state index contributed by atoms with van der Waals surface area (Å²) in [4.78, 5) is 19.8. The monoisotopic (exact) mass is 299 g/mol. The molecule has 0 fully saturated rings. The highest BCUT2D eigenvalue weighted by atomic mass is 35.5. The van der Waals surface area contributed by atoms with Crippen molar-refractivity contribution in [2.75, 3.05) is 0 Å².